The number of furan rings is 1. The lowest BCUT2D eigenvalue weighted by Gasteiger charge is -2.59. The number of hydrogen-bond donors (Lipinski definition) is 0. The standard InChI is InChI=1S/C116H132B2N4O2/c1-67-52-96-102-98(54-67)121(94-58-75(34-32-70(94)4)83-31-29-28-30-69(83)3)92-46-40-79(110(14,15)16)60-90(92)117(102)106-104(119(96)81-42-36-77(37-43-81)108(8,9)10)84-62-87-86(64-100(84)123-106)113(22,23)50-51-115(87,26)65-74-56-72(6)101(73(7)57-74)76-35-33-71(5)95(59-76)122-93-47-41-80(111(17,18)19)61-91(93)118-103-97(53-68(2)55-99(103)122)120(82-44-38-78(39-45-82)109(11,12)13)105-88-63-85-89(66-116(88,27)124-107(105)118)114(24,25)49-48-112(85,20)21/h28-36,38-42,44-47,52-62,64,85,88-89H,37,43,48-51,63,65-66H2,1-27H3. The normalized spacial score (nSPS) is 22.0. The first-order valence-corrected chi connectivity index (χ1v) is 47.0. The molecular weight excluding hydrogens is 1500 g/mol. The van der Waals surface area contributed by atoms with Gasteiger partial charge in [-0.2, -0.15) is 0 Å². The summed E-state index contributed by atoms with van der Waals surface area (Å²) in [6, 6.07) is 68.2. The average Bonchev–Trinajstić information content (AvgIpc) is 1.46. The van der Waals surface area contributed by atoms with E-state index in [1.54, 1.807) is 0 Å². The molecule has 0 radical (unpaired) electrons. The molecule has 6 nitrogen and oxygen atoms in total. The van der Waals surface area contributed by atoms with E-state index in [1.165, 1.54) is 214 Å². The lowest BCUT2D eigenvalue weighted by Crippen LogP contribution is -2.61. The smallest absolute Gasteiger partial charge is 0.297 e. The third kappa shape index (κ3) is 12.9. The maximum Gasteiger partial charge on any atom is 0.297 e. The zero-order valence-electron chi connectivity index (χ0n) is 79.7. The van der Waals surface area contributed by atoms with Crippen molar-refractivity contribution in [2.24, 2.45) is 34.0 Å². The third-order valence-electron chi connectivity index (χ3n) is 32.4. The number of hydrogen-bond acceptors (Lipinski definition) is 6. The van der Waals surface area contributed by atoms with Crippen LogP contribution in [0.3, 0.4) is 0 Å². The van der Waals surface area contributed by atoms with Crippen LogP contribution in [0.25, 0.3) is 33.2 Å². The number of fused-ring (bicyclic) bond motifs is 13. The van der Waals surface area contributed by atoms with Gasteiger partial charge in [0.15, 0.2) is 0 Å². The highest BCUT2D eigenvalue weighted by Crippen LogP contribution is 2.67. The summed E-state index contributed by atoms with van der Waals surface area (Å²) in [4.78, 5) is 10.7. The molecule has 9 aliphatic rings. The fourth-order valence-corrected chi connectivity index (χ4v) is 25.0. The summed E-state index contributed by atoms with van der Waals surface area (Å²) in [6.45, 7) is 64.9. The van der Waals surface area contributed by atoms with Crippen LogP contribution in [0.15, 0.2) is 209 Å². The minimum Gasteiger partial charge on any atom is -0.499 e. The molecule has 2 fully saturated rings. The van der Waals surface area contributed by atoms with Crippen LogP contribution in [-0.4, -0.2) is 19.0 Å². The summed E-state index contributed by atoms with van der Waals surface area (Å²) in [6.07, 6.45) is 14.6. The Morgan fingerprint density at radius 2 is 0.976 bits per heavy atom. The Morgan fingerprint density at radius 1 is 0.435 bits per heavy atom. The van der Waals surface area contributed by atoms with Gasteiger partial charge in [-0.05, 0) is 364 Å². The van der Waals surface area contributed by atoms with E-state index in [4.69, 9.17) is 9.15 Å². The largest absolute Gasteiger partial charge is 0.499 e. The Morgan fingerprint density at radius 3 is 1.55 bits per heavy atom. The molecule has 11 aromatic rings. The van der Waals surface area contributed by atoms with Gasteiger partial charge in [-0.1, -0.05) is 240 Å². The molecule has 634 valence electrons. The number of nitrogens with zero attached hydrogens (tertiary/aromatic N) is 4. The number of rotatable bonds is 8. The second-order valence-electron chi connectivity index (χ2n) is 46.7. The SMILES string of the molecule is Cc1cc2c3c(c1)N(c1cc(-c4c(C)cc(CC5(C)CCC(C)(C)c6cc7oc8c(c7cc65)N(C5=CC=C(C(C)(C)C)CC5)c5cc(C)cc6c5B8c5cc(C(C)(C)C)ccc5N6c5cc(-c6ccccc6C)ccc5C)cc4C)ccc1C)c1ccc(C(C)(C)C)cc1B3C1=C(C3CC4C(CC3(C)O1)C(C)(C)CCC4(C)C)N2c1ccc(C(C)(C)C)cc1. The Labute approximate surface area is 743 Å². The molecule has 5 unspecified atom stereocenters. The number of allylic oxidation sites excluding steroid dienone is 4. The molecule has 10 aromatic carbocycles. The molecule has 0 saturated heterocycles. The molecule has 1 aromatic heterocycles. The topological polar surface area (TPSA) is 35.3 Å². The van der Waals surface area contributed by atoms with Gasteiger partial charge in [0.25, 0.3) is 13.4 Å². The van der Waals surface area contributed by atoms with Gasteiger partial charge in [-0.15, -0.1) is 0 Å². The summed E-state index contributed by atoms with van der Waals surface area (Å²) in [5.74, 6) is 1.37. The predicted octanol–water partition coefficient (Wildman–Crippen LogP) is 28.4. The minimum atomic E-state index is -0.374. The molecule has 8 heteroatoms. The minimum absolute atomic E-state index is 0.0111. The van der Waals surface area contributed by atoms with E-state index in [2.05, 4.69) is 389 Å². The van der Waals surface area contributed by atoms with Crippen LogP contribution in [0.5, 0.6) is 0 Å². The van der Waals surface area contributed by atoms with E-state index in [1.807, 2.05) is 0 Å². The van der Waals surface area contributed by atoms with Gasteiger partial charge < -0.3 is 28.8 Å². The van der Waals surface area contributed by atoms with Crippen LogP contribution in [0, 0.1) is 82.5 Å². The van der Waals surface area contributed by atoms with Gasteiger partial charge in [-0.3, -0.25) is 0 Å². The quantitative estimate of drug-likeness (QED) is 0.141. The van der Waals surface area contributed by atoms with Gasteiger partial charge in [0.1, 0.15) is 11.2 Å². The van der Waals surface area contributed by atoms with E-state index in [0.717, 1.165) is 56.2 Å². The van der Waals surface area contributed by atoms with Crippen molar-refractivity contribution in [2.45, 2.75) is 277 Å². The van der Waals surface area contributed by atoms with Gasteiger partial charge in [-0.25, -0.2) is 0 Å². The van der Waals surface area contributed by atoms with Crippen molar-refractivity contribution in [1.29, 1.82) is 0 Å². The molecule has 124 heavy (non-hydrogen) atoms. The van der Waals surface area contributed by atoms with Crippen molar-refractivity contribution in [2.75, 3.05) is 19.6 Å². The van der Waals surface area contributed by atoms with Gasteiger partial charge in [0.2, 0.25) is 0 Å². The predicted molar refractivity (Wildman–Crippen MR) is 530 cm³/mol. The molecule has 4 aliphatic carbocycles. The maximum atomic E-state index is 8.17. The zero-order valence-corrected chi connectivity index (χ0v) is 79.7. The maximum absolute atomic E-state index is 8.17. The summed E-state index contributed by atoms with van der Waals surface area (Å²) < 4.78 is 16.1. The lowest BCUT2D eigenvalue weighted by atomic mass is 9.35. The summed E-state index contributed by atoms with van der Waals surface area (Å²) in [5, 5.41) is 1.20. The Balaban J connectivity index is 0.712. The molecule has 5 aliphatic heterocycles. The third-order valence-corrected chi connectivity index (χ3v) is 32.4. The first kappa shape index (κ1) is 82.4. The van der Waals surface area contributed by atoms with Crippen LogP contribution in [0.1, 0.15) is 262 Å². The van der Waals surface area contributed by atoms with Gasteiger partial charge in [0.05, 0.1) is 22.7 Å². The van der Waals surface area contributed by atoms with E-state index >= 15 is 0 Å². The summed E-state index contributed by atoms with van der Waals surface area (Å²) in [7, 11) is 0. The molecule has 0 spiro atoms. The first-order valence-electron chi connectivity index (χ1n) is 47.0. The molecule has 0 bridgehead atoms. The Kier molecular flexibility index (Phi) is 18.5. The summed E-state index contributed by atoms with van der Waals surface area (Å²) in [5.41, 5.74) is 46.7. The van der Waals surface area contributed by atoms with Gasteiger partial charge in [0, 0.05) is 68.2 Å². The Bertz CT molecular complexity index is 6430. The number of aryl methyl sites for hydroxylation is 7. The highest BCUT2D eigenvalue weighted by molar-refractivity contribution is 7.00. The van der Waals surface area contributed by atoms with E-state index in [-0.39, 0.29) is 68.3 Å². The molecule has 6 heterocycles. The van der Waals surface area contributed by atoms with Crippen molar-refractivity contribution >= 4 is 109 Å². The molecular formula is C116H132B2N4O2. The first-order chi connectivity index (χ1) is 58.3. The highest BCUT2D eigenvalue weighted by atomic mass is 16.5. The lowest BCUT2D eigenvalue weighted by molar-refractivity contribution is -0.128. The van der Waals surface area contributed by atoms with Crippen LogP contribution in [0.2, 0.25) is 0 Å². The zero-order chi connectivity index (χ0) is 87.6. The van der Waals surface area contributed by atoms with Crippen molar-refractivity contribution in [3.05, 3.63) is 277 Å². The summed E-state index contributed by atoms with van der Waals surface area (Å²) >= 11 is 0. The molecule has 0 N–H and O–H groups in total. The van der Waals surface area contributed by atoms with Crippen molar-refractivity contribution < 1.29 is 9.15 Å². The average molecular weight is 1640 g/mol. The van der Waals surface area contributed by atoms with Crippen molar-refractivity contribution in [3.63, 3.8) is 0 Å². The van der Waals surface area contributed by atoms with Crippen molar-refractivity contribution in [3.8, 4) is 22.3 Å². The monoisotopic (exact) mass is 1640 g/mol. The van der Waals surface area contributed by atoms with Crippen LogP contribution in [0.4, 0.5) is 56.9 Å². The van der Waals surface area contributed by atoms with Crippen LogP contribution in [-0.2, 0) is 38.2 Å². The molecule has 0 amide bonds. The van der Waals surface area contributed by atoms with E-state index in [0.29, 0.717) is 11.8 Å². The number of benzene rings is 10. The van der Waals surface area contributed by atoms with E-state index < -0.39 is 0 Å². The molecule has 2 saturated carbocycles. The van der Waals surface area contributed by atoms with Gasteiger partial charge >= 0.3 is 0 Å². The Hall–Kier alpha value is -9.91. The van der Waals surface area contributed by atoms with Crippen LogP contribution >= 0.6 is 0 Å². The number of ether oxygens (including phenoxy) is 1. The van der Waals surface area contributed by atoms with Crippen molar-refractivity contribution in [1.82, 2.24) is 0 Å². The molecule has 20 rings (SSSR count). The second kappa shape index (κ2) is 27.8. The second-order valence-corrected chi connectivity index (χ2v) is 46.7. The molecule has 5 atom stereocenters. The fourth-order valence-electron chi connectivity index (χ4n) is 25.0. The fraction of sp³-hybridized carbons (Fsp3) is 0.414. The highest BCUT2D eigenvalue weighted by Gasteiger charge is 2.64. The van der Waals surface area contributed by atoms with E-state index in [9.17, 15) is 0 Å². The number of anilines is 10. The van der Waals surface area contributed by atoms with Crippen LogP contribution < -0.4 is 47.1 Å².